The van der Waals surface area contributed by atoms with E-state index in [1.165, 1.54) is 0 Å². The van der Waals surface area contributed by atoms with Gasteiger partial charge in [-0.2, -0.15) is 0 Å². The molecule has 17 heavy (non-hydrogen) atoms. The van der Waals surface area contributed by atoms with Crippen LogP contribution in [-0.4, -0.2) is 22.0 Å². The molecule has 0 saturated heterocycles. The summed E-state index contributed by atoms with van der Waals surface area (Å²) >= 11 is 6.97. The van der Waals surface area contributed by atoms with Gasteiger partial charge in [0.25, 0.3) is 5.91 Å². The number of carboxylic acids is 1. The summed E-state index contributed by atoms with van der Waals surface area (Å²) in [4.78, 5) is 25.8. The van der Waals surface area contributed by atoms with Gasteiger partial charge >= 0.3 is 5.97 Å². The number of nitrogens with zero attached hydrogens (tertiary/aromatic N) is 1. The number of carbonyl (C=O) groups excluding carboxylic acids is 1. The van der Waals surface area contributed by atoms with Gasteiger partial charge in [0.1, 0.15) is 5.04 Å². The Morgan fingerprint density at radius 2 is 2.12 bits per heavy atom. The van der Waals surface area contributed by atoms with Crippen molar-refractivity contribution >= 4 is 40.3 Å². The molecule has 0 aliphatic carbocycles. The first kappa shape index (κ1) is 11.9. The van der Waals surface area contributed by atoms with Crippen LogP contribution in [0, 0.1) is 0 Å². The van der Waals surface area contributed by atoms with E-state index in [1.807, 2.05) is 0 Å². The second-order valence-corrected chi connectivity index (χ2v) is 4.59. The van der Waals surface area contributed by atoms with Crippen LogP contribution in [0.4, 0.5) is 0 Å². The summed E-state index contributed by atoms with van der Waals surface area (Å²) in [6.45, 7) is 0. The Morgan fingerprint density at radius 3 is 2.76 bits per heavy atom. The fourth-order valence-corrected chi connectivity index (χ4v) is 2.47. The van der Waals surface area contributed by atoms with E-state index in [1.54, 1.807) is 24.3 Å². The van der Waals surface area contributed by atoms with Gasteiger partial charge in [-0.1, -0.05) is 41.6 Å². The Balaban J connectivity index is 2.34. The fraction of sp³-hybridized carbons (Fsp3) is 0. The van der Waals surface area contributed by atoms with E-state index in [0.717, 1.165) is 17.8 Å². The minimum Gasteiger partial charge on any atom is -0.478 e. The van der Waals surface area contributed by atoms with E-state index in [9.17, 15) is 9.59 Å². The van der Waals surface area contributed by atoms with E-state index in [-0.39, 0.29) is 4.91 Å². The number of benzene rings is 1. The van der Waals surface area contributed by atoms with Crippen LogP contribution in [0.25, 0.3) is 0 Å². The summed E-state index contributed by atoms with van der Waals surface area (Å²) in [6, 6.07) is 6.95. The van der Waals surface area contributed by atoms with Crippen molar-refractivity contribution in [2.75, 3.05) is 0 Å². The first-order valence-corrected chi connectivity index (χ1v) is 5.78. The molecule has 0 bridgehead atoms. The number of rotatable bonds is 2. The molecule has 1 N–H and O–H groups in total. The third kappa shape index (κ3) is 2.57. The lowest BCUT2D eigenvalue weighted by Gasteiger charge is -2.00. The average molecular weight is 268 g/mol. The molecule has 1 aliphatic heterocycles. The molecule has 0 saturated carbocycles. The minimum absolute atomic E-state index is 0.0902. The van der Waals surface area contributed by atoms with Crippen LogP contribution >= 0.6 is 23.4 Å². The number of aliphatic imine (C=N–C) groups is 1. The van der Waals surface area contributed by atoms with Crippen LogP contribution in [0.1, 0.15) is 5.56 Å². The molecular formula is C11H6ClNO3S. The molecule has 1 aromatic rings. The maximum Gasteiger partial charge on any atom is 0.329 e. The molecule has 86 valence electrons. The highest BCUT2D eigenvalue weighted by atomic mass is 35.5. The second-order valence-electron chi connectivity index (χ2n) is 3.15. The number of carbonyl (C=O) groups is 2. The van der Waals surface area contributed by atoms with Crippen LogP contribution in [0.3, 0.4) is 0 Å². The molecule has 1 amide bonds. The zero-order chi connectivity index (χ0) is 12.4. The summed E-state index contributed by atoms with van der Waals surface area (Å²) in [5.41, 5.74) is 0.626. The van der Waals surface area contributed by atoms with Crippen LogP contribution < -0.4 is 0 Å². The predicted molar refractivity (Wildman–Crippen MR) is 66.3 cm³/mol. The molecule has 0 aromatic heterocycles. The standard InChI is InChI=1S/C11H6ClNO3S/c12-7-4-2-1-3-6(7)11-13-10(16)8(17-11)5-9(14)15/h1-5H,(H,14,15)/b8-5+. The first-order chi connectivity index (χ1) is 8.08. The zero-order valence-corrected chi connectivity index (χ0v) is 9.96. The molecular weight excluding hydrogens is 262 g/mol. The Morgan fingerprint density at radius 1 is 1.41 bits per heavy atom. The number of amides is 1. The van der Waals surface area contributed by atoms with Crippen molar-refractivity contribution in [2.24, 2.45) is 4.99 Å². The summed E-state index contributed by atoms with van der Waals surface area (Å²) in [6.07, 6.45) is 0.848. The van der Waals surface area contributed by atoms with E-state index in [2.05, 4.69) is 4.99 Å². The molecule has 0 unspecified atom stereocenters. The molecule has 0 radical (unpaired) electrons. The minimum atomic E-state index is -1.17. The maximum absolute atomic E-state index is 11.4. The Hall–Kier alpha value is -1.59. The van der Waals surface area contributed by atoms with Gasteiger partial charge in [-0.3, -0.25) is 4.79 Å². The lowest BCUT2D eigenvalue weighted by molar-refractivity contribution is -0.131. The lowest BCUT2D eigenvalue weighted by Crippen LogP contribution is -1.94. The van der Waals surface area contributed by atoms with E-state index < -0.39 is 11.9 Å². The highest BCUT2D eigenvalue weighted by Gasteiger charge is 2.24. The van der Waals surface area contributed by atoms with Crippen molar-refractivity contribution in [2.45, 2.75) is 0 Å². The van der Waals surface area contributed by atoms with E-state index in [0.29, 0.717) is 15.6 Å². The van der Waals surface area contributed by atoms with Gasteiger partial charge in [-0.05, 0) is 6.07 Å². The van der Waals surface area contributed by atoms with Gasteiger partial charge in [0.15, 0.2) is 0 Å². The number of hydrogen-bond acceptors (Lipinski definition) is 3. The van der Waals surface area contributed by atoms with Gasteiger partial charge in [-0.25, -0.2) is 9.79 Å². The Labute approximate surface area is 106 Å². The average Bonchev–Trinajstić information content (AvgIpc) is 2.60. The molecule has 0 atom stereocenters. The summed E-state index contributed by atoms with van der Waals surface area (Å²) < 4.78 is 0. The van der Waals surface area contributed by atoms with Gasteiger partial charge < -0.3 is 5.11 Å². The normalized spacial score (nSPS) is 17.4. The van der Waals surface area contributed by atoms with Crippen LogP contribution in [0.2, 0.25) is 5.02 Å². The highest BCUT2D eigenvalue weighted by Crippen LogP contribution is 2.32. The van der Waals surface area contributed by atoms with Gasteiger partial charge in [0.2, 0.25) is 0 Å². The Bertz CT molecular complexity index is 566. The van der Waals surface area contributed by atoms with Crippen LogP contribution in [-0.2, 0) is 9.59 Å². The number of thioether (sulfide) groups is 1. The summed E-state index contributed by atoms with van der Waals surface area (Å²) in [5, 5.41) is 9.48. The molecule has 2 rings (SSSR count). The third-order valence-electron chi connectivity index (χ3n) is 1.98. The molecule has 4 nitrogen and oxygen atoms in total. The van der Waals surface area contributed by atoms with Gasteiger partial charge in [0.05, 0.1) is 9.93 Å². The largest absolute Gasteiger partial charge is 0.478 e. The summed E-state index contributed by atoms with van der Waals surface area (Å²) in [5.74, 6) is -1.72. The zero-order valence-electron chi connectivity index (χ0n) is 8.38. The van der Waals surface area contributed by atoms with Gasteiger partial charge in [-0.15, -0.1) is 0 Å². The molecule has 1 heterocycles. The number of halogens is 1. The summed E-state index contributed by atoms with van der Waals surface area (Å²) in [7, 11) is 0. The first-order valence-electron chi connectivity index (χ1n) is 4.58. The second kappa shape index (κ2) is 4.73. The van der Waals surface area contributed by atoms with Crippen molar-refractivity contribution < 1.29 is 14.7 Å². The lowest BCUT2D eigenvalue weighted by atomic mass is 10.2. The molecule has 0 fully saturated rings. The third-order valence-corrected chi connectivity index (χ3v) is 3.33. The van der Waals surface area contributed by atoms with Crippen LogP contribution in [0.15, 0.2) is 40.2 Å². The van der Waals surface area contributed by atoms with Gasteiger partial charge in [0, 0.05) is 11.6 Å². The fourth-order valence-electron chi connectivity index (χ4n) is 1.27. The quantitative estimate of drug-likeness (QED) is 0.835. The maximum atomic E-state index is 11.4. The number of carboxylic acid groups (broad SMARTS) is 1. The smallest absolute Gasteiger partial charge is 0.329 e. The van der Waals surface area contributed by atoms with Crippen molar-refractivity contribution in [3.63, 3.8) is 0 Å². The molecule has 1 aromatic carbocycles. The van der Waals surface area contributed by atoms with Crippen molar-refractivity contribution in [3.8, 4) is 0 Å². The number of hydrogen-bond donors (Lipinski definition) is 1. The Kier molecular flexibility index (Phi) is 3.31. The van der Waals surface area contributed by atoms with E-state index >= 15 is 0 Å². The highest BCUT2D eigenvalue weighted by molar-refractivity contribution is 8.19. The van der Waals surface area contributed by atoms with E-state index in [4.69, 9.17) is 16.7 Å². The van der Waals surface area contributed by atoms with Crippen molar-refractivity contribution in [3.05, 3.63) is 45.8 Å². The van der Waals surface area contributed by atoms with Crippen molar-refractivity contribution in [1.82, 2.24) is 0 Å². The topological polar surface area (TPSA) is 66.7 Å². The van der Waals surface area contributed by atoms with Crippen molar-refractivity contribution in [1.29, 1.82) is 0 Å². The molecule has 1 aliphatic rings. The molecule has 6 heteroatoms. The predicted octanol–water partition coefficient (Wildman–Crippen LogP) is 2.33. The van der Waals surface area contributed by atoms with Crippen LogP contribution in [0.5, 0.6) is 0 Å². The number of aliphatic carboxylic acids is 1. The SMILES string of the molecule is O=C(O)/C=C1/SC(c2ccccc2Cl)=NC1=O. The molecule has 0 spiro atoms. The monoisotopic (exact) mass is 267 g/mol.